The van der Waals surface area contributed by atoms with Gasteiger partial charge in [-0.1, -0.05) is 29.3 Å². The molecule has 2 aromatic carbocycles. The van der Waals surface area contributed by atoms with E-state index in [9.17, 15) is 22.8 Å². The molecule has 1 saturated heterocycles. The summed E-state index contributed by atoms with van der Waals surface area (Å²) >= 11 is 13.0. The van der Waals surface area contributed by atoms with E-state index in [1.807, 2.05) is 0 Å². The molecule has 2 heterocycles. The van der Waals surface area contributed by atoms with Gasteiger partial charge in [-0.2, -0.15) is 23.0 Å². The van der Waals surface area contributed by atoms with Crippen molar-refractivity contribution in [3.8, 4) is 0 Å². The van der Waals surface area contributed by atoms with Gasteiger partial charge in [-0.15, -0.1) is 0 Å². The summed E-state index contributed by atoms with van der Waals surface area (Å²) in [5, 5.41) is 13.7. The third kappa shape index (κ3) is 5.23. The molecule has 0 radical (unpaired) electrons. The lowest BCUT2D eigenvalue weighted by Gasteiger charge is -2.31. The maximum absolute atomic E-state index is 13.6. The van der Waals surface area contributed by atoms with Crippen LogP contribution in [0.5, 0.6) is 0 Å². The van der Waals surface area contributed by atoms with Gasteiger partial charge in [0.2, 0.25) is 0 Å². The number of halogens is 5. The minimum atomic E-state index is -4.53. The minimum Gasteiger partial charge on any atom is -0.481 e. The van der Waals surface area contributed by atoms with Gasteiger partial charge >= 0.3 is 12.1 Å². The van der Waals surface area contributed by atoms with Gasteiger partial charge in [0, 0.05) is 18.4 Å². The Morgan fingerprint density at radius 3 is 2.42 bits per heavy atom. The van der Waals surface area contributed by atoms with Crippen LogP contribution >= 0.6 is 23.2 Å². The number of rotatable bonds is 5. The average molecular weight is 542 g/mol. The average Bonchev–Trinajstić information content (AvgIpc) is 3.13. The Bertz CT molecular complexity index is 1350. The van der Waals surface area contributed by atoms with Crippen LogP contribution in [-0.4, -0.2) is 44.8 Å². The normalized spacial score (nSPS) is 15.5. The highest BCUT2D eigenvalue weighted by Crippen LogP contribution is 2.36. The van der Waals surface area contributed by atoms with Gasteiger partial charge in [-0.25, -0.2) is 0 Å². The Labute approximate surface area is 215 Å². The lowest BCUT2D eigenvalue weighted by molar-refractivity contribution is -0.139. The van der Waals surface area contributed by atoms with E-state index in [1.165, 1.54) is 6.92 Å². The molecule has 0 saturated carbocycles. The zero-order valence-corrected chi connectivity index (χ0v) is 21.1. The maximum atomic E-state index is 13.6. The molecule has 1 N–H and O–H groups in total. The molecule has 0 aliphatic carbocycles. The molecule has 192 valence electrons. The molecule has 11 heteroatoms. The third-order valence-corrected chi connectivity index (χ3v) is 7.37. The summed E-state index contributed by atoms with van der Waals surface area (Å²) in [5.41, 5.74) is 0.684. The van der Waals surface area contributed by atoms with Crippen LogP contribution in [0.1, 0.15) is 52.0 Å². The predicted octanol–water partition coefficient (Wildman–Crippen LogP) is 6.35. The fourth-order valence-corrected chi connectivity index (χ4v) is 5.35. The highest BCUT2D eigenvalue weighted by molar-refractivity contribution is 6.40. The first kappa shape index (κ1) is 26.4. The fourth-order valence-electron chi connectivity index (χ4n) is 4.76. The highest BCUT2D eigenvalue weighted by Gasteiger charge is 2.33. The first-order valence-corrected chi connectivity index (χ1v) is 12.1. The van der Waals surface area contributed by atoms with E-state index in [-0.39, 0.29) is 50.1 Å². The van der Waals surface area contributed by atoms with E-state index < -0.39 is 23.6 Å². The van der Waals surface area contributed by atoms with Crippen LogP contribution in [0, 0.1) is 19.8 Å². The number of nitrogens with zero attached hydrogens (tertiary/aromatic N) is 3. The molecule has 1 aliphatic rings. The summed E-state index contributed by atoms with van der Waals surface area (Å²) < 4.78 is 41.0. The first-order valence-electron chi connectivity index (χ1n) is 11.4. The zero-order chi connectivity index (χ0) is 26.4. The number of carboxylic acids is 1. The number of piperidine rings is 1. The second-order valence-electron chi connectivity index (χ2n) is 9.20. The molecule has 4 rings (SSSR count). The van der Waals surface area contributed by atoms with Crippen molar-refractivity contribution < 1.29 is 27.9 Å². The number of hydrogen-bond acceptors (Lipinski definition) is 4. The predicted molar refractivity (Wildman–Crippen MR) is 131 cm³/mol. The van der Waals surface area contributed by atoms with Crippen LogP contribution in [0.3, 0.4) is 0 Å². The monoisotopic (exact) mass is 541 g/mol. The smallest absolute Gasteiger partial charge is 0.416 e. The van der Waals surface area contributed by atoms with Crippen molar-refractivity contribution in [2.75, 3.05) is 13.1 Å². The molecule has 0 unspecified atom stereocenters. The number of aromatic nitrogens is 2. The third-order valence-electron chi connectivity index (χ3n) is 6.62. The lowest BCUT2D eigenvalue weighted by Crippen LogP contribution is -2.34. The molecule has 1 fully saturated rings. The van der Waals surface area contributed by atoms with E-state index in [2.05, 4.69) is 10.00 Å². The molecule has 0 atom stereocenters. The summed E-state index contributed by atoms with van der Waals surface area (Å²) in [4.78, 5) is 26.7. The Morgan fingerprint density at radius 2 is 1.81 bits per heavy atom. The van der Waals surface area contributed by atoms with Crippen molar-refractivity contribution in [1.82, 2.24) is 14.7 Å². The number of carbonyl (C=O) groups is 2. The van der Waals surface area contributed by atoms with Crippen LogP contribution in [0.4, 0.5) is 13.2 Å². The van der Waals surface area contributed by atoms with E-state index in [0.29, 0.717) is 25.2 Å². The van der Waals surface area contributed by atoms with Crippen LogP contribution in [0.2, 0.25) is 10.0 Å². The van der Waals surface area contributed by atoms with Crippen molar-refractivity contribution in [2.24, 2.45) is 5.92 Å². The SMILES string of the molecule is Cc1nn(C(=O)c2c(Cl)ccc(CN3CCC(CC(=O)O)CC3)c2Cl)c2c(C)cc(C(F)(F)F)cc12. The van der Waals surface area contributed by atoms with E-state index in [1.54, 1.807) is 19.1 Å². The summed E-state index contributed by atoms with van der Waals surface area (Å²) in [7, 11) is 0. The molecule has 3 aromatic rings. The van der Waals surface area contributed by atoms with Gasteiger partial charge in [-0.05, 0) is 75.0 Å². The minimum absolute atomic E-state index is 0.0281. The maximum Gasteiger partial charge on any atom is 0.416 e. The van der Waals surface area contributed by atoms with Crippen LogP contribution < -0.4 is 0 Å². The molecule has 0 amide bonds. The van der Waals surface area contributed by atoms with Crippen molar-refractivity contribution in [1.29, 1.82) is 0 Å². The number of aliphatic carboxylic acids is 1. The van der Waals surface area contributed by atoms with E-state index in [4.69, 9.17) is 28.3 Å². The van der Waals surface area contributed by atoms with E-state index in [0.717, 1.165) is 29.7 Å². The molecular weight excluding hydrogens is 518 g/mol. The Balaban J connectivity index is 1.65. The van der Waals surface area contributed by atoms with Crippen LogP contribution in [-0.2, 0) is 17.5 Å². The number of aryl methyl sites for hydroxylation is 2. The number of fused-ring (bicyclic) bond motifs is 1. The topological polar surface area (TPSA) is 75.4 Å². The Hall–Kier alpha value is -2.62. The van der Waals surface area contributed by atoms with Gasteiger partial charge < -0.3 is 5.11 Å². The largest absolute Gasteiger partial charge is 0.481 e. The first-order chi connectivity index (χ1) is 16.9. The molecule has 6 nitrogen and oxygen atoms in total. The lowest BCUT2D eigenvalue weighted by atomic mass is 9.93. The van der Waals surface area contributed by atoms with Gasteiger partial charge in [-0.3, -0.25) is 14.5 Å². The number of benzene rings is 2. The highest BCUT2D eigenvalue weighted by atomic mass is 35.5. The molecule has 1 aliphatic heterocycles. The van der Waals surface area contributed by atoms with Crippen LogP contribution in [0.25, 0.3) is 10.9 Å². The Morgan fingerprint density at radius 1 is 1.14 bits per heavy atom. The number of likely N-dealkylation sites (tertiary alicyclic amines) is 1. The zero-order valence-electron chi connectivity index (χ0n) is 19.6. The molecule has 0 bridgehead atoms. The number of alkyl halides is 3. The van der Waals surface area contributed by atoms with Crippen molar-refractivity contribution in [3.63, 3.8) is 0 Å². The summed E-state index contributed by atoms with van der Waals surface area (Å²) in [6.45, 7) is 4.88. The van der Waals surface area contributed by atoms with Gasteiger partial charge in [0.1, 0.15) is 0 Å². The molecular formula is C25H24Cl2F3N3O3. The van der Waals surface area contributed by atoms with E-state index >= 15 is 0 Å². The number of carbonyl (C=O) groups excluding carboxylic acids is 1. The number of hydrogen-bond donors (Lipinski definition) is 1. The van der Waals surface area contributed by atoms with Crippen molar-refractivity contribution in [3.05, 3.63) is 62.3 Å². The van der Waals surface area contributed by atoms with Gasteiger partial charge in [0.25, 0.3) is 5.91 Å². The quantitative estimate of drug-likeness (QED) is 0.407. The molecule has 36 heavy (non-hydrogen) atoms. The van der Waals surface area contributed by atoms with Crippen molar-refractivity contribution >= 4 is 46.0 Å². The summed E-state index contributed by atoms with van der Waals surface area (Å²) in [5.74, 6) is -1.30. The van der Waals surface area contributed by atoms with Crippen LogP contribution in [0.15, 0.2) is 24.3 Å². The van der Waals surface area contributed by atoms with Gasteiger partial charge in [0.15, 0.2) is 0 Å². The number of carboxylic acid groups (broad SMARTS) is 1. The second kappa shape index (κ2) is 10.0. The molecule has 0 spiro atoms. The van der Waals surface area contributed by atoms with Gasteiger partial charge in [0.05, 0.1) is 32.4 Å². The second-order valence-corrected chi connectivity index (χ2v) is 9.99. The Kier molecular flexibility index (Phi) is 7.37. The molecule has 1 aromatic heterocycles. The fraction of sp³-hybridized carbons (Fsp3) is 0.400. The summed E-state index contributed by atoms with van der Waals surface area (Å²) in [6.07, 6.45) is -2.88. The standard InChI is InChI=1S/C25H24Cl2F3N3O3/c1-13-9-17(25(28,29)30)11-18-14(2)31-33(23(13)18)24(36)21-19(26)4-3-16(22(21)27)12-32-7-5-15(6-8-32)10-20(34)35/h3-4,9,11,15H,5-8,10,12H2,1-2H3,(H,34,35). The van der Waals surface area contributed by atoms with Crippen molar-refractivity contribution in [2.45, 2.75) is 45.8 Å². The summed E-state index contributed by atoms with van der Waals surface area (Å²) in [6, 6.07) is 5.28.